The van der Waals surface area contributed by atoms with Crippen molar-refractivity contribution in [2.24, 2.45) is 0 Å². The molecule has 1 aromatic rings. The second kappa shape index (κ2) is 8.49. The van der Waals surface area contributed by atoms with Gasteiger partial charge >= 0.3 is 0 Å². The molecule has 1 aliphatic heterocycles. The van der Waals surface area contributed by atoms with Gasteiger partial charge in [0.05, 0.1) is 20.3 Å². The van der Waals surface area contributed by atoms with Gasteiger partial charge in [-0.3, -0.25) is 4.90 Å². The van der Waals surface area contributed by atoms with Crippen molar-refractivity contribution in [3.05, 3.63) is 23.3 Å². The second-order valence-electron chi connectivity index (χ2n) is 6.68. The summed E-state index contributed by atoms with van der Waals surface area (Å²) < 4.78 is 38.9. The van der Waals surface area contributed by atoms with Crippen LogP contribution in [-0.4, -0.2) is 59.8 Å². The number of hydrogen-bond donors (Lipinski definition) is 1. The molecule has 0 spiro atoms. The number of ether oxygens (including phenoxy) is 2. The highest BCUT2D eigenvalue weighted by atomic mass is 32.2. The Morgan fingerprint density at radius 3 is 2.52 bits per heavy atom. The fourth-order valence-corrected chi connectivity index (χ4v) is 4.79. The number of fused-ring (bicyclic) bond motifs is 1. The molecule has 0 bridgehead atoms. The Labute approximate surface area is 150 Å². The molecule has 0 atom stereocenters. The molecule has 7 heteroatoms. The number of benzene rings is 1. The minimum atomic E-state index is -3.56. The lowest BCUT2D eigenvalue weighted by Crippen LogP contribution is -2.38. The van der Waals surface area contributed by atoms with Crippen molar-refractivity contribution in [3.8, 4) is 5.75 Å². The zero-order valence-electron chi connectivity index (χ0n) is 14.9. The number of sulfonamides is 1. The molecule has 1 heterocycles. The van der Waals surface area contributed by atoms with Gasteiger partial charge in [0.15, 0.2) is 0 Å². The standard InChI is InChI=1S/C18H28N2O4S/c1-23-17-13-15-5-2-3-6-16(15)14-18(17)25(21,22)19-7-4-8-20-9-11-24-12-10-20/h13-14,19H,2-12H2,1H3. The summed E-state index contributed by atoms with van der Waals surface area (Å²) in [6.07, 6.45) is 5.00. The SMILES string of the molecule is COc1cc2c(cc1S(=O)(=O)NCCCN1CCOCC1)CCCC2. The summed E-state index contributed by atoms with van der Waals surface area (Å²) in [5.74, 6) is 0.446. The maximum absolute atomic E-state index is 12.7. The molecular formula is C18H28N2O4S. The Morgan fingerprint density at radius 1 is 1.16 bits per heavy atom. The van der Waals surface area contributed by atoms with Crippen LogP contribution in [0.4, 0.5) is 0 Å². The van der Waals surface area contributed by atoms with Crippen LogP contribution in [0.3, 0.4) is 0 Å². The van der Waals surface area contributed by atoms with Crippen molar-refractivity contribution in [1.82, 2.24) is 9.62 Å². The van der Waals surface area contributed by atoms with E-state index in [4.69, 9.17) is 9.47 Å². The van der Waals surface area contributed by atoms with E-state index in [0.717, 1.165) is 70.5 Å². The van der Waals surface area contributed by atoms with E-state index in [1.807, 2.05) is 6.07 Å². The maximum Gasteiger partial charge on any atom is 0.244 e. The van der Waals surface area contributed by atoms with E-state index in [-0.39, 0.29) is 4.90 Å². The summed E-state index contributed by atoms with van der Waals surface area (Å²) in [7, 11) is -2.03. The Kier molecular flexibility index (Phi) is 6.33. The lowest BCUT2D eigenvalue weighted by Gasteiger charge is -2.26. The first kappa shape index (κ1) is 18.6. The molecule has 0 aromatic heterocycles. The fourth-order valence-electron chi connectivity index (χ4n) is 3.52. The number of morpholine rings is 1. The van der Waals surface area contributed by atoms with E-state index >= 15 is 0 Å². The molecule has 6 nitrogen and oxygen atoms in total. The molecule has 140 valence electrons. The molecule has 1 fully saturated rings. The molecule has 2 aliphatic rings. The lowest BCUT2D eigenvalue weighted by atomic mass is 9.92. The molecule has 1 aromatic carbocycles. The minimum absolute atomic E-state index is 0.266. The number of methoxy groups -OCH3 is 1. The molecule has 0 radical (unpaired) electrons. The van der Waals surface area contributed by atoms with Crippen molar-refractivity contribution in [1.29, 1.82) is 0 Å². The van der Waals surface area contributed by atoms with Crippen LogP contribution < -0.4 is 9.46 Å². The first-order valence-corrected chi connectivity index (χ1v) is 10.6. The van der Waals surface area contributed by atoms with E-state index in [1.165, 1.54) is 12.7 Å². The van der Waals surface area contributed by atoms with Gasteiger partial charge < -0.3 is 9.47 Å². The average molecular weight is 368 g/mol. The zero-order chi connectivity index (χ0) is 17.7. The molecule has 1 saturated heterocycles. The van der Waals surface area contributed by atoms with Crippen LogP contribution in [0, 0.1) is 0 Å². The van der Waals surface area contributed by atoms with Crippen LogP contribution in [0.2, 0.25) is 0 Å². The van der Waals surface area contributed by atoms with Gasteiger partial charge in [0, 0.05) is 19.6 Å². The summed E-state index contributed by atoms with van der Waals surface area (Å²) in [6, 6.07) is 3.70. The predicted octanol–water partition coefficient (Wildman–Crippen LogP) is 1.57. The largest absolute Gasteiger partial charge is 0.495 e. The zero-order valence-corrected chi connectivity index (χ0v) is 15.7. The maximum atomic E-state index is 12.7. The molecule has 0 saturated carbocycles. The van der Waals surface area contributed by atoms with Crippen molar-refractivity contribution in [2.45, 2.75) is 37.0 Å². The molecule has 3 rings (SSSR count). The van der Waals surface area contributed by atoms with Gasteiger partial charge in [-0.15, -0.1) is 0 Å². The number of nitrogens with one attached hydrogen (secondary N) is 1. The number of hydrogen-bond acceptors (Lipinski definition) is 5. The Hall–Kier alpha value is -1.15. The van der Waals surface area contributed by atoms with Gasteiger partial charge in [-0.25, -0.2) is 13.1 Å². The summed E-state index contributed by atoms with van der Waals surface area (Å²) in [4.78, 5) is 2.57. The van der Waals surface area contributed by atoms with Crippen LogP contribution >= 0.6 is 0 Å². The van der Waals surface area contributed by atoms with Crippen molar-refractivity contribution >= 4 is 10.0 Å². The Bertz CT molecular complexity index is 685. The van der Waals surface area contributed by atoms with Gasteiger partial charge in [0.1, 0.15) is 10.6 Å². The predicted molar refractivity (Wildman–Crippen MR) is 96.7 cm³/mol. The highest BCUT2D eigenvalue weighted by molar-refractivity contribution is 7.89. The van der Waals surface area contributed by atoms with Gasteiger partial charge in [0.25, 0.3) is 0 Å². The Morgan fingerprint density at radius 2 is 1.84 bits per heavy atom. The minimum Gasteiger partial charge on any atom is -0.495 e. The normalized spacial score (nSPS) is 18.8. The van der Waals surface area contributed by atoms with E-state index in [9.17, 15) is 8.42 Å². The molecular weight excluding hydrogens is 340 g/mol. The number of nitrogens with zero attached hydrogens (tertiary/aromatic N) is 1. The first-order valence-electron chi connectivity index (χ1n) is 9.10. The van der Waals surface area contributed by atoms with Gasteiger partial charge in [-0.2, -0.15) is 0 Å². The van der Waals surface area contributed by atoms with Crippen LogP contribution in [0.1, 0.15) is 30.4 Å². The third kappa shape index (κ3) is 4.73. The highest BCUT2D eigenvalue weighted by Gasteiger charge is 2.23. The van der Waals surface area contributed by atoms with Gasteiger partial charge in [-0.1, -0.05) is 0 Å². The third-order valence-corrected chi connectivity index (χ3v) is 6.45. The molecule has 0 amide bonds. The van der Waals surface area contributed by atoms with Crippen LogP contribution in [0.5, 0.6) is 5.75 Å². The van der Waals surface area contributed by atoms with Crippen LogP contribution in [0.15, 0.2) is 17.0 Å². The monoisotopic (exact) mass is 368 g/mol. The molecule has 0 unspecified atom stereocenters. The summed E-state index contributed by atoms with van der Waals surface area (Å²) in [5.41, 5.74) is 2.36. The summed E-state index contributed by atoms with van der Waals surface area (Å²) >= 11 is 0. The van der Waals surface area contributed by atoms with E-state index in [0.29, 0.717) is 12.3 Å². The van der Waals surface area contributed by atoms with Crippen molar-refractivity contribution < 1.29 is 17.9 Å². The summed E-state index contributed by atoms with van der Waals surface area (Å²) in [5, 5.41) is 0. The lowest BCUT2D eigenvalue weighted by molar-refractivity contribution is 0.0376. The molecule has 25 heavy (non-hydrogen) atoms. The van der Waals surface area contributed by atoms with Crippen molar-refractivity contribution in [3.63, 3.8) is 0 Å². The number of aryl methyl sites for hydroxylation is 2. The topological polar surface area (TPSA) is 67.9 Å². The van der Waals surface area contributed by atoms with Gasteiger partial charge in [0.2, 0.25) is 10.0 Å². The molecule has 1 N–H and O–H groups in total. The van der Waals surface area contributed by atoms with E-state index in [2.05, 4.69) is 9.62 Å². The Balaban J connectivity index is 1.62. The molecule has 1 aliphatic carbocycles. The second-order valence-corrected chi connectivity index (χ2v) is 8.42. The fraction of sp³-hybridized carbons (Fsp3) is 0.667. The third-order valence-electron chi connectivity index (χ3n) is 4.96. The summed E-state index contributed by atoms with van der Waals surface area (Å²) in [6.45, 7) is 4.68. The number of rotatable bonds is 7. The quantitative estimate of drug-likeness (QED) is 0.740. The van der Waals surface area contributed by atoms with E-state index < -0.39 is 10.0 Å². The first-order chi connectivity index (χ1) is 12.1. The van der Waals surface area contributed by atoms with Gasteiger partial charge in [-0.05, 0) is 61.9 Å². The van der Waals surface area contributed by atoms with Crippen LogP contribution in [0.25, 0.3) is 0 Å². The van der Waals surface area contributed by atoms with E-state index in [1.54, 1.807) is 6.07 Å². The average Bonchev–Trinajstić information content (AvgIpc) is 2.65. The highest BCUT2D eigenvalue weighted by Crippen LogP contribution is 2.31. The smallest absolute Gasteiger partial charge is 0.244 e. The van der Waals surface area contributed by atoms with Crippen molar-refractivity contribution in [2.75, 3.05) is 46.5 Å². The van der Waals surface area contributed by atoms with Crippen LogP contribution in [-0.2, 0) is 27.6 Å².